The highest BCUT2D eigenvalue weighted by molar-refractivity contribution is 9.10. The smallest absolute Gasteiger partial charge is 0.257 e. The zero-order valence-electron chi connectivity index (χ0n) is 16.5. The fourth-order valence-electron chi connectivity index (χ4n) is 2.37. The van der Waals surface area contributed by atoms with E-state index in [0.29, 0.717) is 33.6 Å². The summed E-state index contributed by atoms with van der Waals surface area (Å²) in [6, 6.07) is 12.1. The highest BCUT2D eigenvalue weighted by atomic mass is 79.9. The lowest BCUT2D eigenvalue weighted by molar-refractivity contribution is 0.0937. The van der Waals surface area contributed by atoms with Crippen molar-refractivity contribution in [1.29, 1.82) is 0 Å². The largest absolute Gasteiger partial charge is 0.493 e. The third-order valence-electron chi connectivity index (χ3n) is 4.12. The van der Waals surface area contributed by atoms with E-state index in [4.69, 9.17) is 17.0 Å². The molecule has 0 aliphatic carbocycles. The van der Waals surface area contributed by atoms with Gasteiger partial charge in [0.2, 0.25) is 0 Å². The summed E-state index contributed by atoms with van der Waals surface area (Å²) < 4.78 is 6.13. The van der Waals surface area contributed by atoms with Crippen molar-refractivity contribution in [2.75, 3.05) is 11.9 Å². The average Bonchev–Trinajstić information content (AvgIpc) is 2.69. The lowest BCUT2D eigenvalue weighted by Crippen LogP contribution is -2.34. The maximum Gasteiger partial charge on any atom is 0.257 e. The van der Waals surface area contributed by atoms with Crippen LogP contribution in [0.2, 0.25) is 0 Å². The Morgan fingerprint density at radius 3 is 2.31 bits per heavy atom. The number of nitrogens with one attached hydrogen (secondary N) is 3. The summed E-state index contributed by atoms with van der Waals surface area (Å²) in [5.74, 6) is 0.209. The number of anilines is 1. The fraction of sp³-hybridized carbons (Fsp3) is 0.286. The number of amides is 2. The molecule has 0 saturated carbocycles. The summed E-state index contributed by atoms with van der Waals surface area (Å²) >= 11 is 8.60. The Labute approximate surface area is 184 Å². The molecular formula is C21H24BrN3O3S. The molecule has 8 heteroatoms. The van der Waals surface area contributed by atoms with Gasteiger partial charge < -0.3 is 15.4 Å². The molecule has 0 aliphatic heterocycles. The van der Waals surface area contributed by atoms with Crippen LogP contribution in [-0.4, -0.2) is 29.6 Å². The SMILES string of the molecule is CCOc1ccc(C(=O)NC(=S)Nc2ccc(C(=O)NC(C)CC)cc2)cc1Br. The van der Waals surface area contributed by atoms with Crippen LogP contribution >= 0.6 is 28.1 Å². The second-order valence-corrected chi connectivity index (χ2v) is 7.61. The van der Waals surface area contributed by atoms with Crippen LogP contribution in [0.15, 0.2) is 46.9 Å². The van der Waals surface area contributed by atoms with Crippen molar-refractivity contribution in [1.82, 2.24) is 10.6 Å². The van der Waals surface area contributed by atoms with E-state index in [9.17, 15) is 9.59 Å². The number of carbonyl (C=O) groups is 2. The van der Waals surface area contributed by atoms with E-state index in [1.807, 2.05) is 20.8 Å². The molecular weight excluding hydrogens is 454 g/mol. The molecule has 1 atom stereocenters. The van der Waals surface area contributed by atoms with Gasteiger partial charge >= 0.3 is 0 Å². The van der Waals surface area contributed by atoms with Gasteiger partial charge in [-0.05, 0) is 90.9 Å². The molecule has 0 aromatic heterocycles. The van der Waals surface area contributed by atoms with Crippen LogP contribution in [0, 0.1) is 0 Å². The quantitative estimate of drug-likeness (QED) is 0.511. The first kappa shape index (κ1) is 22.8. The first-order chi connectivity index (χ1) is 13.8. The average molecular weight is 478 g/mol. The highest BCUT2D eigenvalue weighted by Crippen LogP contribution is 2.26. The number of halogens is 1. The molecule has 0 radical (unpaired) electrons. The van der Waals surface area contributed by atoms with Crippen LogP contribution in [-0.2, 0) is 0 Å². The van der Waals surface area contributed by atoms with Crippen molar-refractivity contribution in [3.63, 3.8) is 0 Å². The molecule has 3 N–H and O–H groups in total. The zero-order valence-corrected chi connectivity index (χ0v) is 18.9. The fourth-order valence-corrected chi connectivity index (χ4v) is 3.07. The van der Waals surface area contributed by atoms with Crippen LogP contribution in [0.4, 0.5) is 5.69 Å². The Morgan fingerprint density at radius 1 is 1.07 bits per heavy atom. The summed E-state index contributed by atoms with van der Waals surface area (Å²) in [4.78, 5) is 24.5. The van der Waals surface area contributed by atoms with E-state index in [-0.39, 0.29) is 23.0 Å². The minimum atomic E-state index is -0.337. The van der Waals surface area contributed by atoms with Crippen LogP contribution in [0.3, 0.4) is 0 Å². The van der Waals surface area contributed by atoms with Crippen LogP contribution < -0.4 is 20.7 Å². The molecule has 2 rings (SSSR count). The van der Waals surface area contributed by atoms with E-state index in [0.717, 1.165) is 6.42 Å². The van der Waals surface area contributed by atoms with Gasteiger partial charge in [0.1, 0.15) is 5.75 Å². The predicted molar refractivity (Wildman–Crippen MR) is 123 cm³/mol. The second-order valence-electron chi connectivity index (χ2n) is 6.35. The van der Waals surface area contributed by atoms with Crippen molar-refractivity contribution in [3.8, 4) is 5.75 Å². The third kappa shape index (κ3) is 6.83. The van der Waals surface area contributed by atoms with Crippen LogP contribution in [0.1, 0.15) is 47.9 Å². The maximum absolute atomic E-state index is 12.4. The molecule has 29 heavy (non-hydrogen) atoms. The second kappa shape index (κ2) is 10.9. The van der Waals surface area contributed by atoms with Gasteiger partial charge in [-0.15, -0.1) is 0 Å². The number of rotatable bonds is 7. The van der Waals surface area contributed by atoms with Crippen molar-refractivity contribution in [2.24, 2.45) is 0 Å². The third-order valence-corrected chi connectivity index (χ3v) is 4.94. The van der Waals surface area contributed by atoms with E-state index in [1.165, 1.54) is 0 Å². The Morgan fingerprint density at radius 2 is 1.72 bits per heavy atom. The van der Waals surface area contributed by atoms with Gasteiger partial charge in [0, 0.05) is 22.9 Å². The number of hydrogen-bond donors (Lipinski definition) is 3. The normalized spacial score (nSPS) is 11.3. The van der Waals surface area contributed by atoms with Crippen molar-refractivity contribution < 1.29 is 14.3 Å². The summed E-state index contributed by atoms with van der Waals surface area (Å²) in [5.41, 5.74) is 1.68. The van der Waals surface area contributed by atoms with Gasteiger partial charge in [0.25, 0.3) is 11.8 Å². The topological polar surface area (TPSA) is 79.5 Å². The number of ether oxygens (including phenoxy) is 1. The molecule has 0 heterocycles. The molecule has 0 saturated heterocycles. The first-order valence-corrected chi connectivity index (χ1v) is 10.5. The number of hydrogen-bond acceptors (Lipinski definition) is 4. The van der Waals surface area contributed by atoms with Gasteiger partial charge in [0.15, 0.2) is 5.11 Å². The number of carbonyl (C=O) groups excluding carboxylic acids is 2. The lowest BCUT2D eigenvalue weighted by Gasteiger charge is -2.13. The highest BCUT2D eigenvalue weighted by Gasteiger charge is 2.12. The Balaban J connectivity index is 1.94. The summed E-state index contributed by atoms with van der Waals surface area (Å²) in [6.07, 6.45) is 0.865. The van der Waals surface area contributed by atoms with Crippen molar-refractivity contribution in [2.45, 2.75) is 33.2 Å². The number of thiocarbonyl (C=S) groups is 1. The molecule has 2 amide bonds. The van der Waals surface area contributed by atoms with E-state index in [1.54, 1.807) is 42.5 Å². The molecule has 0 bridgehead atoms. The minimum absolute atomic E-state index is 0.116. The minimum Gasteiger partial charge on any atom is -0.493 e. The van der Waals surface area contributed by atoms with Gasteiger partial charge in [-0.3, -0.25) is 14.9 Å². The van der Waals surface area contributed by atoms with E-state index >= 15 is 0 Å². The van der Waals surface area contributed by atoms with Crippen LogP contribution in [0.25, 0.3) is 0 Å². The Kier molecular flexibility index (Phi) is 8.60. The Hall–Kier alpha value is -2.45. The van der Waals surface area contributed by atoms with Crippen molar-refractivity contribution in [3.05, 3.63) is 58.1 Å². The van der Waals surface area contributed by atoms with Gasteiger partial charge in [-0.2, -0.15) is 0 Å². The lowest BCUT2D eigenvalue weighted by atomic mass is 10.1. The zero-order chi connectivity index (χ0) is 21.4. The number of benzene rings is 2. The van der Waals surface area contributed by atoms with Gasteiger partial charge in [-0.25, -0.2) is 0 Å². The predicted octanol–water partition coefficient (Wildman–Crippen LogP) is 4.50. The maximum atomic E-state index is 12.4. The first-order valence-electron chi connectivity index (χ1n) is 9.29. The van der Waals surface area contributed by atoms with E-state index < -0.39 is 0 Å². The molecule has 0 aliphatic rings. The molecule has 0 spiro atoms. The summed E-state index contributed by atoms with van der Waals surface area (Å²) in [6.45, 7) is 6.40. The Bertz CT molecular complexity index is 887. The molecule has 2 aromatic carbocycles. The van der Waals surface area contributed by atoms with Gasteiger partial charge in [-0.1, -0.05) is 6.92 Å². The molecule has 0 fully saturated rings. The molecule has 1 unspecified atom stereocenters. The summed E-state index contributed by atoms with van der Waals surface area (Å²) in [5, 5.41) is 8.65. The summed E-state index contributed by atoms with van der Waals surface area (Å²) in [7, 11) is 0. The van der Waals surface area contributed by atoms with E-state index in [2.05, 4.69) is 31.9 Å². The standard InChI is InChI=1S/C21H24BrN3O3S/c1-4-13(3)23-19(26)14-6-9-16(10-7-14)24-21(29)25-20(27)15-8-11-18(28-5-2)17(22)12-15/h6-13H,4-5H2,1-3H3,(H,23,26)(H2,24,25,27,29). The van der Waals surface area contributed by atoms with Crippen molar-refractivity contribution >= 4 is 50.8 Å². The molecule has 6 nitrogen and oxygen atoms in total. The monoisotopic (exact) mass is 477 g/mol. The molecule has 2 aromatic rings. The van der Waals surface area contributed by atoms with Crippen LogP contribution in [0.5, 0.6) is 5.75 Å². The molecule has 154 valence electrons. The van der Waals surface area contributed by atoms with Gasteiger partial charge in [0.05, 0.1) is 11.1 Å².